The second-order valence-electron chi connectivity index (χ2n) is 6.03. The van der Waals surface area contributed by atoms with E-state index in [0.29, 0.717) is 0 Å². The number of thiophene rings is 1. The van der Waals surface area contributed by atoms with Crippen LogP contribution in [0.15, 0.2) is 24.1 Å². The normalized spacial score (nSPS) is 19.0. The van der Waals surface area contributed by atoms with Crippen molar-refractivity contribution in [2.75, 3.05) is 0 Å². The summed E-state index contributed by atoms with van der Waals surface area (Å²) in [6.07, 6.45) is 8.79. The summed E-state index contributed by atoms with van der Waals surface area (Å²) in [5, 5.41) is 5.13. The summed E-state index contributed by atoms with van der Waals surface area (Å²) in [5.41, 5.74) is 2.17. The summed E-state index contributed by atoms with van der Waals surface area (Å²) in [6.45, 7) is 5.06. The Bertz CT molecular complexity index is 618. The molecule has 4 nitrogen and oxygen atoms in total. The van der Waals surface area contributed by atoms with E-state index in [1.165, 1.54) is 16.9 Å². The number of hydrogen-bond acceptors (Lipinski definition) is 3. The molecule has 2 heterocycles. The van der Waals surface area contributed by atoms with Gasteiger partial charge in [0.25, 0.3) is 5.91 Å². The minimum atomic E-state index is 0.0645. The average Bonchev–Trinajstić information content (AvgIpc) is 3.06. The van der Waals surface area contributed by atoms with Crippen LogP contribution < -0.4 is 5.32 Å². The molecule has 0 aliphatic heterocycles. The Balaban J connectivity index is 1.66. The first-order valence-corrected chi connectivity index (χ1v) is 8.37. The van der Waals surface area contributed by atoms with E-state index in [4.69, 9.17) is 0 Å². The van der Waals surface area contributed by atoms with Gasteiger partial charge in [-0.3, -0.25) is 4.79 Å². The second-order valence-corrected chi connectivity index (χ2v) is 7.00. The molecule has 1 aliphatic carbocycles. The molecule has 0 radical (unpaired) electrons. The molecule has 2 aromatic rings. The highest BCUT2D eigenvalue weighted by molar-refractivity contribution is 7.10. The first-order chi connectivity index (χ1) is 10.1. The van der Waals surface area contributed by atoms with Crippen LogP contribution in [-0.2, 0) is 19.4 Å². The highest BCUT2D eigenvalue weighted by Crippen LogP contribution is 2.32. The predicted octanol–water partition coefficient (Wildman–Crippen LogP) is 2.89. The van der Waals surface area contributed by atoms with E-state index in [0.717, 1.165) is 30.9 Å². The molecule has 1 amide bonds. The zero-order valence-corrected chi connectivity index (χ0v) is 13.3. The van der Waals surface area contributed by atoms with E-state index >= 15 is 0 Å². The van der Waals surface area contributed by atoms with Gasteiger partial charge in [-0.05, 0) is 37.7 Å². The third kappa shape index (κ3) is 3.18. The van der Waals surface area contributed by atoms with Gasteiger partial charge in [-0.25, -0.2) is 4.98 Å². The summed E-state index contributed by atoms with van der Waals surface area (Å²) >= 11 is 1.74. The number of carbonyl (C=O) groups excluding carboxylic acids is 1. The van der Waals surface area contributed by atoms with Crippen molar-refractivity contribution in [1.29, 1.82) is 0 Å². The first kappa shape index (κ1) is 14.3. The van der Waals surface area contributed by atoms with Crippen LogP contribution in [0.5, 0.6) is 0 Å². The first-order valence-electron chi connectivity index (χ1n) is 7.49. The van der Waals surface area contributed by atoms with E-state index in [1.807, 2.05) is 23.1 Å². The Hall–Kier alpha value is -1.62. The molecule has 5 heteroatoms. The van der Waals surface area contributed by atoms with Gasteiger partial charge >= 0.3 is 0 Å². The number of fused-ring (bicyclic) bond motifs is 1. The molecular formula is C16H21N3OS. The quantitative estimate of drug-likeness (QED) is 0.944. The fraction of sp³-hybridized carbons (Fsp3) is 0.500. The molecule has 1 aliphatic rings. The molecule has 0 fully saturated rings. The van der Waals surface area contributed by atoms with Crippen molar-refractivity contribution < 1.29 is 4.79 Å². The number of amides is 1. The molecule has 0 unspecified atom stereocenters. The van der Waals surface area contributed by atoms with Crippen molar-refractivity contribution in [3.05, 3.63) is 40.1 Å². The summed E-state index contributed by atoms with van der Waals surface area (Å²) < 4.78 is 1.98. The van der Waals surface area contributed by atoms with E-state index in [-0.39, 0.29) is 11.9 Å². The van der Waals surface area contributed by atoms with Crippen molar-refractivity contribution in [2.45, 2.75) is 45.7 Å². The molecule has 0 aromatic carbocycles. The number of carbonyl (C=O) groups is 1. The van der Waals surface area contributed by atoms with E-state index in [2.05, 4.69) is 17.2 Å². The monoisotopic (exact) mass is 303 g/mol. The van der Waals surface area contributed by atoms with Gasteiger partial charge in [-0.15, -0.1) is 11.3 Å². The lowest BCUT2D eigenvalue weighted by molar-refractivity contribution is 0.0936. The summed E-state index contributed by atoms with van der Waals surface area (Å²) in [7, 11) is 0. The predicted molar refractivity (Wildman–Crippen MR) is 84.7 cm³/mol. The average molecular weight is 303 g/mol. The van der Waals surface area contributed by atoms with Crippen molar-refractivity contribution in [3.63, 3.8) is 0 Å². The third-order valence-corrected chi connectivity index (χ3v) is 5.12. The third-order valence-electron chi connectivity index (χ3n) is 4.07. The topological polar surface area (TPSA) is 46.9 Å². The van der Waals surface area contributed by atoms with Gasteiger partial charge in [0, 0.05) is 35.2 Å². The lowest BCUT2D eigenvalue weighted by atomic mass is 9.88. The van der Waals surface area contributed by atoms with Crippen molar-refractivity contribution >= 4 is 17.2 Å². The smallest absolute Gasteiger partial charge is 0.252 e. The number of aromatic nitrogens is 2. The van der Waals surface area contributed by atoms with Crippen molar-refractivity contribution in [2.24, 2.45) is 5.92 Å². The minimum Gasteiger partial charge on any atom is -0.348 e. The molecule has 2 aromatic heterocycles. The van der Waals surface area contributed by atoms with Crippen LogP contribution >= 0.6 is 11.3 Å². The van der Waals surface area contributed by atoms with Crippen LogP contribution in [0.25, 0.3) is 0 Å². The highest BCUT2D eigenvalue weighted by atomic mass is 32.1. The van der Waals surface area contributed by atoms with Gasteiger partial charge in [-0.2, -0.15) is 0 Å². The Kier molecular flexibility index (Phi) is 4.10. The molecule has 1 N–H and O–H groups in total. The van der Waals surface area contributed by atoms with Gasteiger partial charge in [0.2, 0.25) is 0 Å². The van der Waals surface area contributed by atoms with E-state index < -0.39 is 0 Å². The number of nitrogens with zero attached hydrogens (tertiary/aromatic N) is 2. The van der Waals surface area contributed by atoms with Crippen molar-refractivity contribution in [1.82, 2.24) is 14.9 Å². The Morgan fingerprint density at radius 2 is 2.48 bits per heavy atom. The van der Waals surface area contributed by atoms with Gasteiger partial charge in [0.1, 0.15) is 0 Å². The standard InChI is InChI=1S/C16H21N3OS/c1-11-3-4-13-14(9-21-15(13)7-11)16(20)18-12(2)8-19-6-5-17-10-19/h5-6,9-12H,3-4,7-8H2,1-2H3,(H,18,20)/t11-,12-/m1/s1. The summed E-state index contributed by atoms with van der Waals surface area (Å²) in [6, 6.07) is 0.0877. The van der Waals surface area contributed by atoms with Gasteiger partial charge in [-0.1, -0.05) is 6.92 Å². The Morgan fingerprint density at radius 3 is 3.24 bits per heavy atom. The van der Waals surface area contributed by atoms with Gasteiger partial charge < -0.3 is 9.88 Å². The molecule has 0 saturated heterocycles. The highest BCUT2D eigenvalue weighted by Gasteiger charge is 2.23. The maximum absolute atomic E-state index is 12.5. The van der Waals surface area contributed by atoms with Gasteiger partial charge in [0.15, 0.2) is 0 Å². The van der Waals surface area contributed by atoms with E-state index in [9.17, 15) is 4.79 Å². The van der Waals surface area contributed by atoms with Crippen LogP contribution in [-0.4, -0.2) is 21.5 Å². The number of nitrogens with one attached hydrogen (secondary N) is 1. The number of imidazole rings is 1. The molecule has 2 atom stereocenters. The molecule has 0 saturated carbocycles. The number of rotatable bonds is 4. The van der Waals surface area contributed by atoms with Gasteiger partial charge in [0.05, 0.1) is 11.9 Å². The van der Waals surface area contributed by atoms with Crippen LogP contribution in [0.2, 0.25) is 0 Å². The maximum atomic E-state index is 12.5. The summed E-state index contributed by atoms with van der Waals surface area (Å²) in [4.78, 5) is 17.9. The summed E-state index contributed by atoms with van der Waals surface area (Å²) in [5.74, 6) is 0.807. The SMILES string of the molecule is C[C@@H]1CCc2c(C(=O)N[C@H](C)Cn3ccnc3)csc2C1. The number of hydrogen-bond donors (Lipinski definition) is 1. The zero-order valence-electron chi connectivity index (χ0n) is 12.5. The molecule has 112 valence electrons. The van der Waals surface area contributed by atoms with Crippen LogP contribution in [0.3, 0.4) is 0 Å². The molecule has 0 spiro atoms. The Morgan fingerprint density at radius 1 is 1.62 bits per heavy atom. The molecule has 21 heavy (non-hydrogen) atoms. The Labute approximate surface area is 129 Å². The van der Waals surface area contributed by atoms with Crippen molar-refractivity contribution in [3.8, 4) is 0 Å². The minimum absolute atomic E-state index is 0.0645. The van der Waals surface area contributed by atoms with E-state index in [1.54, 1.807) is 23.9 Å². The van der Waals surface area contributed by atoms with Crippen LogP contribution in [0.4, 0.5) is 0 Å². The fourth-order valence-corrected chi connectivity index (χ4v) is 4.17. The maximum Gasteiger partial charge on any atom is 0.252 e. The molecular weight excluding hydrogens is 282 g/mol. The molecule has 3 rings (SSSR count). The lowest BCUT2D eigenvalue weighted by Crippen LogP contribution is -2.35. The fourth-order valence-electron chi connectivity index (χ4n) is 2.93. The zero-order chi connectivity index (χ0) is 14.8. The lowest BCUT2D eigenvalue weighted by Gasteiger charge is -2.19. The van der Waals surface area contributed by atoms with Crippen LogP contribution in [0.1, 0.15) is 41.1 Å². The van der Waals surface area contributed by atoms with Crippen LogP contribution in [0, 0.1) is 5.92 Å². The molecule has 0 bridgehead atoms. The largest absolute Gasteiger partial charge is 0.348 e. The second kappa shape index (κ2) is 6.02.